The Kier molecular flexibility index (Phi) is 3.34. The summed E-state index contributed by atoms with van der Waals surface area (Å²) in [6.07, 6.45) is 0. The lowest BCUT2D eigenvalue weighted by molar-refractivity contribution is 0.0175. The molecule has 0 radical (unpaired) electrons. The number of aromatic carboxylic acids is 1. The summed E-state index contributed by atoms with van der Waals surface area (Å²) >= 11 is 0. The van der Waals surface area contributed by atoms with Gasteiger partial charge in [-0.25, -0.2) is 13.6 Å². The van der Waals surface area contributed by atoms with Crippen LogP contribution in [0.3, 0.4) is 0 Å². The Hall–Kier alpha value is -2.23. The van der Waals surface area contributed by atoms with E-state index in [2.05, 4.69) is 0 Å². The minimum atomic E-state index is -2.90. The molecule has 0 fully saturated rings. The standard InChI is InChI=1S/C15H12F2O2/c1-15(16,17)11-8-6-10(7-9-11)12-4-2-3-5-13(12)14(18)19/h2-9H,1H3,(H,18,19). The van der Waals surface area contributed by atoms with E-state index < -0.39 is 11.9 Å². The van der Waals surface area contributed by atoms with Crippen molar-refractivity contribution in [2.24, 2.45) is 0 Å². The zero-order valence-electron chi connectivity index (χ0n) is 10.2. The fourth-order valence-corrected chi connectivity index (χ4v) is 1.86. The highest BCUT2D eigenvalue weighted by atomic mass is 19.3. The quantitative estimate of drug-likeness (QED) is 0.901. The summed E-state index contributed by atoms with van der Waals surface area (Å²) in [5.41, 5.74) is 1.18. The van der Waals surface area contributed by atoms with Crippen LogP contribution in [0.4, 0.5) is 8.78 Å². The third kappa shape index (κ3) is 2.78. The molecule has 2 aromatic carbocycles. The highest BCUT2D eigenvalue weighted by Gasteiger charge is 2.23. The van der Waals surface area contributed by atoms with Crippen LogP contribution < -0.4 is 0 Å². The molecule has 98 valence electrons. The van der Waals surface area contributed by atoms with E-state index in [-0.39, 0.29) is 11.1 Å². The largest absolute Gasteiger partial charge is 0.478 e. The number of carboxylic acid groups (broad SMARTS) is 1. The van der Waals surface area contributed by atoms with Crippen molar-refractivity contribution in [3.8, 4) is 11.1 Å². The summed E-state index contributed by atoms with van der Waals surface area (Å²) < 4.78 is 26.2. The lowest BCUT2D eigenvalue weighted by Crippen LogP contribution is -2.06. The number of hydrogen-bond acceptors (Lipinski definition) is 1. The molecule has 0 saturated heterocycles. The monoisotopic (exact) mass is 262 g/mol. The molecule has 0 aliphatic carbocycles. The number of carboxylic acids is 1. The van der Waals surface area contributed by atoms with Crippen LogP contribution in [0.2, 0.25) is 0 Å². The van der Waals surface area contributed by atoms with Gasteiger partial charge >= 0.3 is 5.97 Å². The molecule has 19 heavy (non-hydrogen) atoms. The first-order chi connectivity index (χ1) is 8.89. The van der Waals surface area contributed by atoms with Gasteiger partial charge in [0.15, 0.2) is 0 Å². The Morgan fingerprint density at radius 2 is 1.63 bits per heavy atom. The topological polar surface area (TPSA) is 37.3 Å². The predicted molar refractivity (Wildman–Crippen MR) is 68.4 cm³/mol. The van der Waals surface area contributed by atoms with E-state index in [0.29, 0.717) is 11.1 Å². The second-order valence-corrected chi connectivity index (χ2v) is 4.32. The average Bonchev–Trinajstić information content (AvgIpc) is 2.38. The van der Waals surface area contributed by atoms with Crippen LogP contribution in [0.5, 0.6) is 0 Å². The number of rotatable bonds is 3. The van der Waals surface area contributed by atoms with Crippen molar-refractivity contribution >= 4 is 5.97 Å². The predicted octanol–water partition coefficient (Wildman–Crippen LogP) is 4.16. The van der Waals surface area contributed by atoms with Gasteiger partial charge in [-0.2, -0.15) is 0 Å². The van der Waals surface area contributed by atoms with Gasteiger partial charge in [0.1, 0.15) is 0 Å². The summed E-state index contributed by atoms with van der Waals surface area (Å²) in [6.45, 7) is 0.827. The van der Waals surface area contributed by atoms with Gasteiger partial charge in [0, 0.05) is 12.5 Å². The van der Waals surface area contributed by atoms with Gasteiger partial charge in [-0.05, 0) is 17.2 Å². The smallest absolute Gasteiger partial charge is 0.336 e. The Balaban J connectivity index is 2.46. The maximum absolute atomic E-state index is 13.1. The molecule has 0 aliphatic heterocycles. The van der Waals surface area contributed by atoms with Crippen LogP contribution in [-0.2, 0) is 5.92 Å². The highest BCUT2D eigenvalue weighted by molar-refractivity contribution is 5.95. The second-order valence-electron chi connectivity index (χ2n) is 4.32. The molecule has 4 heteroatoms. The molecule has 0 saturated carbocycles. The highest BCUT2D eigenvalue weighted by Crippen LogP contribution is 2.30. The molecular formula is C15H12F2O2. The van der Waals surface area contributed by atoms with Crippen LogP contribution in [-0.4, -0.2) is 11.1 Å². The Morgan fingerprint density at radius 1 is 1.05 bits per heavy atom. The zero-order valence-corrected chi connectivity index (χ0v) is 10.2. The van der Waals surface area contributed by atoms with Crippen LogP contribution in [0.15, 0.2) is 48.5 Å². The second kappa shape index (κ2) is 4.80. The van der Waals surface area contributed by atoms with E-state index >= 15 is 0 Å². The third-order valence-corrected chi connectivity index (χ3v) is 2.86. The van der Waals surface area contributed by atoms with E-state index in [1.165, 1.54) is 30.3 Å². The number of alkyl halides is 2. The van der Waals surface area contributed by atoms with Gasteiger partial charge < -0.3 is 5.11 Å². The van der Waals surface area contributed by atoms with E-state index in [4.69, 9.17) is 5.11 Å². The van der Waals surface area contributed by atoms with Gasteiger partial charge in [0.05, 0.1) is 5.56 Å². The molecule has 0 amide bonds. The van der Waals surface area contributed by atoms with Gasteiger partial charge in [-0.15, -0.1) is 0 Å². The summed E-state index contributed by atoms with van der Waals surface area (Å²) in [7, 11) is 0. The van der Waals surface area contributed by atoms with Gasteiger partial charge in [0.2, 0.25) is 0 Å². The molecule has 2 rings (SSSR count). The fraction of sp³-hybridized carbons (Fsp3) is 0.133. The SMILES string of the molecule is CC(F)(F)c1ccc(-c2ccccc2C(=O)O)cc1. The van der Waals surface area contributed by atoms with Crippen molar-refractivity contribution in [3.05, 3.63) is 59.7 Å². The lowest BCUT2D eigenvalue weighted by Gasteiger charge is -2.12. The van der Waals surface area contributed by atoms with Crippen LogP contribution in [0, 0.1) is 0 Å². The van der Waals surface area contributed by atoms with Crippen molar-refractivity contribution < 1.29 is 18.7 Å². The van der Waals surface area contributed by atoms with E-state index in [9.17, 15) is 13.6 Å². The van der Waals surface area contributed by atoms with E-state index in [1.807, 2.05) is 0 Å². The van der Waals surface area contributed by atoms with Gasteiger partial charge in [-0.3, -0.25) is 0 Å². The molecule has 0 atom stereocenters. The maximum Gasteiger partial charge on any atom is 0.336 e. The Bertz CT molecular complexity index is 598. The molecule has 1 N–H and O–H groups in total. The molecule has 0 aromatic heterocycles. The average molecular weight is 262 g/mol. The van der Waals surface area contributed by atoms with Crippen LogP contribution in [0.1, 0.15) is 22.8 Å². The summed E-state index contributed by atoms with van der Waals surface area (Å²) in [4.78, 5) is 11.1. The fourth-order valence-electron chi connectivity index (χ4n) is 1.86. The minimum Gasteiger partial charge on any atom is -0.478 e. The molecule has 0 heterocycles. The first-order valence-corrected chi connectivity index (χ1v) is 5.70. The third-order valence-electron chi connectivity index (χ3n) is 2.86. The number of benzene rings is 2. The molecule has 0 spiro atoms. The molecule has 2 aromatic rings. The normalized spacial score (nSPS) is 11.3. The Labute approximate surface area is 109 Å². The first-order valence-electron chi connectivity index (χ1n) is 5.70. The zero-order chi connectivity index (χ0) is 14.0. The van der Waals surface area contributed by atoms with E-state index in [0.717, 1.165) is 6.92 Å². The molecule has 2 nitrogen and oxygen atoms in total. The molecular weight excluding hydrogens is 250 g/mol. The van der Waals surface area contributed by atoms with Gasteiger partial charge in [-0.1, -0.05) is 42.5 Å². The summed E-state index contributed by atoms with van der Waals surface area (Å²) in [6, 6.07) is 12.1. The van der Waals surface area contributed by atoms with Crippen molar-refractivity contribution in [2.75, 3.05) is 0 Å². The summed E-state index contributed by atoms with van der Waals surface area (Å²) in [5, 5.41) is 9.09. The van der Waals surface area contributed by atoms with Crippen LogP contribution in [0.25, 0.3) is 11.1 Å². The van der Waals surface area contributed by atoms with Crippen molar-refractivity contribution in [1.82, 2.24) is 0 Å². The van der Waals surface area contributed by atoms with Crippen molar-refractivity contribution in [2.45, 2.75) is 12.8 Å². The molecule has 0 unspecified atom stereocenters. The molecule has 0 aliphatic rings. The van der Waals surface area contributed by atoms with E-state index in [1.54, 1.807) is 18.2 Å². The maximum atomic E-state index is 13.1. The Morgan fingerprint density at radius 3 is 2.16 bits per heavy atom. The van der Waals surface area contributed by atoms with Gasteiger partial charge in [0.25, 0.3) is 5.92 Å². The van der Waals surface area contributed by atoms with Crippen molar-refractivity contribution in [3.63, 3.8) is 0 Å². The summed E-state index contributed by atoms with van der Waals surface area (Å²) in [5.74, 6) is -3.94. The minimum absolute atomic E-state index is 0.0935. The first kappa shape index (κ1) is 13.2. The number of halogens is 2. The molecule has 0 bridgehead atoms. The van der Waals surface area contributed by atoms with Crippen LogP contribution >= 0.6 is 0 Å². The van der Waals surface area contributed by atoms with Crippen molar-refractivity contribution in [1.29, 1.82) is 0 Å². The number of hydrogen-bond donors (Lipinski definition) is 1. The lowest BCUT2D eigenvalue weighted by atomic mass is 9.98. The number of carbonyl (C=O) groups is 1.